The molecule has 2 aromatic carbocycles. The molecule has 0 radical (unpaired) electrons. The minimum atomic E-state index is -0.855. The summed E-state index contributed by atoms with van der Waals surface area (Å²) in [5.74, 6) is -0.864. The number of nitrogens with one attached hydrogen (secondary N) is 2. The number of carbonyl (C=O) groups excluding carboxylic acids is 2. The number of fused-ring (bicyclic) bond motifs is 4. The minimum Gasteiger partial charge on any atom is -0.481 e. The maximum absolute atomic E-state index is 12.7. The molecule has 35 heavy (non-hydrogen) atoms. The number of ether oxygens (including phenoxy) is 2. The highest BCUT2D eigenvalue weighted by atomic mass is 16.5. The van der Waals surface area contributed by atoms with Crippen molar-refractivity contribution in [2.24, 2.45) is 17.8 Å². The molecular formula is C27H30N2O6. The Hall–Kier alpha value is -3.39. The van der Waals surface area contributed by atoms with Gasteiger partial charge in [-0.25, -0.2) is 4.79 Å². The first kappa shape index (κ1) is 23.4. The van der Waals surface area contributed by atoms with Gasteiger partial charge in [-0.2, -0.15) is 0 Å². The topological polar surface area (TPSA) is 114 Å². The van der Waals surface area contributed by atoms with Crippen LogP contribution in [0.25, 0.3) is 11.1 Å². The largest absolute Gasteiger partial charge is 0.481 e. The predicted molar refractivity (Wildman–Crippen MR) is 128 cm³/mol. The lowest BCUT2D eigenvalue weighted by Crippen LogP contribution is -2.54. The van der Waals surface area contributed by atoms with Crippen molar-refractivity contribution in [3.05, 3.63) is 59.7 Å². The van der Waals surface area contributed by atoms with Crippen LogP contribution >= 0.6 is 0 Å². The highest BCUT2D eigenvalue weighted by Crippen LogP contribution is 2.49. The summed E-state index contributed by atoms with van der Waals surface area (Å²) in [6.07, 6.45) is 0.609. The van der Waals surface area contributed by atoms with Crippen molar-refractivity contribution in [2.45, 2.75) is 37.3 Å². The normalized spacial score (nSPS) is 24.9. The first-order valence-corrected chi connectivity index (χ1v) is 12.1. The molecule has 0 heterocycles. The Morgan fingerprint density at radius 2 is 1.66 bits per heavy atom. The van der Waals surface area contributed by atoms with E-state index < -0.39 is 18.2 Å². The van der Waals surface area contributed by atoms with Crippen LogP contribution in [0.5, 0.6) is 0 Å². The molecule has 8 heteroatoms. The maximum atomic E-state index is 12.7. The predicted octanol–water partition coefficient (Wildman–Crippen LogP) is 3.16. The highest BCUT2D eigenvalue weighted by Gasteiger charge is 2.50. The number of hydrogen-bond donors (Lipinski definition) is 3. The quantitative estimate of drug-likeness (QED) is 0.537. The van der Waals surface area contributed by atoms with Crippen LogP contribution in [-0.2, 0) is 19.1 Å². The average Bonchev–Trinajstić information content (AvgIpc) is 3.37. The summed E-state index contributed by atoms with van der Waals surface area (Å²) in [4.78, 5) is 36.4. The zero-order chi connectivity index (χ0) is 24.5. The first-order chi connectivity index (χ1) is 17.0. The summed E-state index contributed by atoms with van der Waals surface area (Å²) in [6, 6.07) is 16.2. The molecule has 0 aliphatic heterocycles. The molecule has 2 fully saturated rings. The monoisotopic (exact) mass is 478 g/mol. The number of amides is 2. The summed E-state index contributed by atoms with van der Waals surface area (Å²) in [5, 5.41) is 14.9. The van der Waals surface area contributed by atoms with E-state index in [0.29, 0.717) is 18.8 Å². The van der Waals surface area contributed by atoms with Crippen molar-refractivity contribution in [3.8, 4) is 11.1 Å². The molecule has 5 unspecified atom stereocenters. The molecule has 8 nitrogen and oxygen atoms in total. The molecular weight excluding hydrogens is 448 g/mol. The second-order valence-corrected chi connectivity index (χ2v) is 9.71. The van der Waals surface area contributed by atoms with E-state index in [4.69, 9.17) is 9.47 Å². The number of carboxylic acid groups (broad SMARTS) is 1. The van der Waals surface area contributed by atoms with E-state index in [1.807, 2.05) is 24.3 Å². The van der Waals surface area contributed by atoms with Crippen LogP contribution in [0.3, 0.4) is 0 Å². The summed E-state index contributed by atoms with van der Waals surface area (Å²) < 4.78 is 10.8. The average molecular weight is 479 g/mol. The van der Waals surface area contributed by atoms with Gasteiger partial charge in [-0.1, -0.05) is 48.5 Å². The summed E-state index contributed by atoms with van der Waals surface area (Å²) in [5.41, 5.74) is 4.57. The summed E-state index contributed by atoms with van der Waals surface area (Å²) >= 11 is 0. The second-order valence-electron chi connectivity index (χ2n) is 9.71. The SMILES string of the molecule is COC(CNC(=O)OCC1c2ccccc2-c2ccccc21)C(=O)NC1CC2CC(C(=O)O)CC21. The van der Waals surface area contributed by atoms with Gasteiger partial charge in [0, 0.05) is 19.1 Å². The molecule has 0 spiro atoms. The van der Waals surface area contributed by atoms with Crippen molar-refractivity contribution in [1.29, 1.82) is 0 Å². The molecule has 184 valence electrons. The van der Waals surface area contributed by atoms with Gasteiger partial charge >= 0.3 is 12.1 Å². The lowest BCUT2D eigenvalue weighted by atomic mass is 9.71. The van der Waals surface area contributed by atoms with Gasteiger partial charge in [-0.05, 0) is 53.4 Å². The Kier molecular flexibility index (Phi) is 6.47. The van der Waals surface area contributed by atoms with E-state index in [0.717, 1.165) is 28.7 Å². The summed E-state index contributed by atoms with van der Waals surface area (Å²) in [6.45, 7) is 0.178. The van der Waals surface area contributed by atoms with Crippen molar-refractivity contribution >= 4 is 18.0 Å². The lowest BCUT2D eigenvalue weighted by molar-refractivity contribution is -0.141. The lowest BCUT2D eigenvalue weighted by Gasteiger charge is -2.41. The van der Waals surface area contributed by atoms with E-state index in [1.165, 1.54) is 7.11 Å². The highest BCUT2D eigenvalue weighted by molar-refractivity contribution is 5.82. The molecule has 0 saturated heterocycles. The van der Waals surface area contributed by atoms with Crippen LogP contribution in [0.1, 0.15) is 36.3 Å². The molecule has 2 amide bonds. The number of methoxy groups -OCH3 is 1. The number of hydrogen-bond acceptors (Lipinski definition) is 5. The third-order valence-corrected chi connectivity index (χ3v) is 7.85. The number of alkyl carbamates (subject to hydrolysis) is 1. The Labute approximate surface area is 204 Å². The number of carbonyl (C=O) groups is 3. The Morgan fingerprint density at radius 1 is 1.00 bits per heavy atom. The number of carboxylic acids is 1. The van der Waals surface area contributed by atoms with E-state index in [-0.39, 0.29) is 42.9 Å². The molecule has 0 bridgehead atoms. The fraction of sp³-hybridized carbons (Fsp3) is 0.444. The standard InChI is InChI=1S/C27H30N2O6/c1-34-24(25(30)29-23-12-15-10-16(26(31)32)11-21(15)23)13-28-27(33)35-14-22-19-8-4-2-6-17(19)18-7-3-5-9-20(18)22/h2-9,15-16,21-24H,10-14H2,1H3,(H,28,33)(H,29,30)(H,31,32). The Bertz CT molecular complexity index is 1090. The third kappa shape index (κ3) is 4.50. The third-order valence-electron chi connectivity index (χ3n) is 7.85. The molecule has 3 N–H and O–H groups in total. The van der Waals surface area contributed by atoms with E-state index >= 15 is 0 Å². The minimum absolute atomic E-state index is 0.0163. The second kappa shape index (κ2) is 9.70. The van der Waals surface area contributed by atoms with Crippen LogP contribution in [0.2, 0.25) is 0 Å². The van der Waals surface area contributed by atoms with Gasteiger partial charge in [0.2, 0.25) is 0 Å². The van der Waals surface area contributed by atoms with Crippen LogP contribution in [0.4, 0.5) is 4.79 Å². The Morgan fingerprint density at radius 3 is 2.29 bits per heavy atom. The van der Waals surface area contributed by atoms with E-state index in [1.54, 1.807) is 0 Å². The van der Waals surface area contributed by atoms with Gasteiger partial charge in [0.05, 0.1) is 12.5 Å². The van der Waals surface area contributed by atoms with Gasteiger partial charge in [0.15, 0.2) is 6.10 Å². The summed E-state index contributed by atoms with van der Waals surface area (Å²) in [7, 11) is 1.42. The van der Waals surface area contributed by atoms with Gasteiger partial charge in [0.1, 0.15) is 6.61 Å². The van der Waals surface area contributed by atoms with Crippen LogP contribution in [-0.4, -0.2) is 55.5 Å². The zero-order valence-electron chi connectivity index (χ0n) is 19.6. The van der Waals surface area contributed by atoms with Crippen LogP contribution in [0.15, 0.2) is 48.5 Å². The van der Waals surface area contributed by atoms with Gasteiger partial charge < -0.3 is 25.2 Å². The molecule has 3 aliphatic carbocycles. The number of aliphatic carboxylic acids is 1. The van der Waals surface area contributed by atoms with Gasteiger partial charge in [-0.15, -0.1) is 0 Å². The smallest absolute Gasteiger partial charge is 0.407 e. The molecule has 0 aromatic heterocycles. The maximum Gasteiger partial charge on any atom is 0.407 e. The van der Waals surface area contributed by atoms with Gasteiger partial charge in [-0.3, -0.25) is 9.59 Å². The molecule has 3 aliphatic rings. The van der Waals surface area contributed by atoms with E-state index in [9.17, 15) is 19.5 Å². The fourth-order valence-electron chi connectivity index (χ4n) is 5.98. The van der Waals surface area contributed by atoms with Crippen LogP contribution in [0, 0.1) is 17.8 Å². The molecule has 5 atom stereocenters. The Balaban J connectivity index is 1.11. The van der Waals surface area contributed by atoms with E-state index in [2.05, 4.69) is 34.9 Å². The van der Waals surface area contributed by atoms with Crippen molar-refractivity contribution in [2.75, 3.05) is 20.3 Å². The van der Waals surface area contributed by atoms with Crippen LogP contribution < -0.4 is 10.6 Å². The van der Waals surface area contributed by atoms with Crippen molar-refractivity contribution in [1.82, 2.24) is 10.6 Å². The molecule has 2 aromatic rings. The zero-order valence-corrected chi connectivity index (χ0v) is 19.6. The molecule has 2 saturated carbocycles. The fourth-order valence-corrected chi connectivity index (χ4v) is 5.98. The molecule has 5 rings (SSSR count). The van der Waals surface area contributed by atoms with Crippen molar-refractivity contribution in [3.63, 3.8) is 0 Å². The number of rotatable bonds is 8. The first-order valence-electron chi connectivity index (χ1n) is 12.1. The number of benzene rings is 2. The van der Waals surface area contributed by atoms with Gasteiger partial charge in [0.25, 0.3) is 5.91 Å². The van der Waals surface area contributed by atoms with Crippen molar-refractivity contribution < 1.29 is 29.0 Å².